The van der Waals surface area contributed by atoms with E-state index in [2.05, 4.69) is 20.4 Å². The Morgan fingerprint density at radius 1 is 1.13 bits per heavy atom. The molecular formula is C24H34O7. The molecule has 6 fully saturated rings. The molecule has 0 radical (unpaired) electrons. The molecule has 31 heavy (non-hydrogen) atoms. The molecule has 0 aromatic rings. The third-order valence-corrected chi connectivity index (χ3v) is 9.57. The lowest BCUT2D eigenvalue weighted by Crippen LogP contribution is -2.84. The summed E-state index contributed by atoms with van der Waals surface area (Å²) in [6, 6.07) is 0. The Balaban J connectivity index is 1.77. The second-order valence-electron chi connectivity index (χ2n) is 11.3. The van der Waals surface area contributed by atoms with Crippen LogP contribution >= 0.6 is 0 Å². The van der Waals surface area contributed by atoms with Gasteiger partial charge in [0, 0.05) is 25.2 Å². The van der Waals surface area contributed by atoms with Gasteiger partial charge in [0.25, 0.3) is 0 Å². The standard InChI is InChI=1S/C24H34O7/c1-12-15-6-7-16-22-11-29-24(28,23(16,10-15)19(12)30-13(2)25)20(31-14(3)26)18(22)21(4,5)9-8-17(22)27/h15-20,27-28H,1,6-11H2,2-5H3/t15-,16-,17-,18+,19-,20+,22+,23-,24-/m1/s1. The third-order valence-electron chi connectivity index (χ3n) is 9.57. The molecular weight excluding hydrogens is 400 g/mol. The largest absolute Gasteiger partial charge is 0.457 e. The van der Waals surface area contributed by atoms with Gasteiger partial charge in [0.1, 0.15) is 6.10 Å². The number of carbonyl (C=O) groups excluding carboxylic acids is 2. The Bertz CT molecular complexity index is 851. The second kappa shape index (κ2) is 6.33. The van der Waals surface area contributed by atoms with Gasteiger partial charge in [0.05, 0.1) is 18.1 Å². The van der Waals surface area contributed by atoms with Crippen molar-refractivity contribution in [1.29, 1.82) is 0 Å². The molecule has 6 aliphatic rings. The Morgan fingerprint density at radius 2 is 1.81 bits per heavy atom. The molecule has 2 heterocycles. The number of hydrogen-bond donors (Lipinski definition) is 2. The van der Waals surface area contributed by atoms with Gasteiger partial charge in [-0.1, -0.05) is 20.4 Å². The highest BCUT2D eigenvalue weighted by atomic mass is 16.7. The lowest BCUT2D eigenvalue weighted by Gasteiger charge is -2.75. The van der Waals surface area contributed by atoms with Gasteiger partial charge < -0.3 is 24.4 Å². The van der Waals surface area contributed by atoms with Crippen LogP contribution in [0.4, 0.5) is 0 Å². The molecule has 6 rings (SSSR count). The minimum Gasteiger partial charge on any atom is -0.457 e. The molecule has 7 nitrogen and oxygen atoms in total. The van der Waals surface area contributed by atoms with Gasteiger partial charge >= 0.3 is 11.9 Å². The van der Waals surface area contributed by atoms with Crippen molar-refractivity contribution in [2.24, 2.45) is 34.0 Å². The first-order valence-corrected chi connectivity index (χ1v) is 11.5. The van der Waals surface area contributed by atoms with Gasteiger partial charge in [-0.25, -0.2) is 0 Å². The normalized spacial score (nSPS) is 51.6. The van der Waals surface area contributed by atoms with Crippen LogP contribution in [0.15, 0.2) is 12.2 Å². The van der Waals surface area contributed by atoms with Gasteiger partial charge in [0.15, 0.2) is 6.10 Å². The third kappa shape index (κ3) is 2.35. The molecule has 9 atom stereocenters. The van der Waals surface area contributed by atoms with Crippen LogP contribution in [0.5, 0.6) is 0 Å². The van der Waals surface area contributed by atoms with Crippen molar-refractivity contribution in [2.75, 3.05) is 6.61 Å². The van der Waals surface area contributed by atoms with Crippen molar-refractivity contribution >= 4 is 11.9 Å². The van der Waals surface area contributed by atoms with E-state index in [1.54, 1.807) is 0 Å². The van der Waals surface area contributed by atoms with Gasteiger partial charge in [0.2, 0.25) is 5.79 Å². The van der Waals surface area contributed by atoms with Gasteiger partial charge in [-0.3, -0.25) is 9.59 Å². The number of fused-ring (bicyclic) bond motifs is 2. The highest BCUT2D eigenvalue weighted by molar-refractivity contribution is 5.67. The highest BCUT2D eigenvalue weighted by Gasteiger charge is 2.85. The first kappa shape index (κ1) is 21.4. The first-order chi connectivity index (χ1) is 14.4. The Kier molecular flexibility index (Phi) is 4.37. The highest BCUT2D eigenvalue weighted by Crippen LogP contribution is 2.78. The summed E-state index contributed by atoms with van der Waals surface area (Å²) in [6.07, 6.45) is 1.24. The number of aliphatic hydroxyl groups is 2. The van der Waals surface area contributed by atoms with Crippen molar-refractivity contribution in [3.05, 3.63) is 12.2 Å². The van der Waals surface area contributed by atoms with E-state index < -0.39 is 46.9 Å². The molecule has 0 unspecified atom stereocenters. The van der Waals surface area contributed by atoms with Crippen LogP contribution in [-0.2, 0) is 23.8 Å². The Hall–Kier alpha value is -1.44. The summed E-state index contributed by atoms with van der Waals surface area (Å²) >= 11 is 0. The van der Waals surface area contributed by atoms with Crippen LogP contribution in [0.2, 0.25) is 0 Å². The van der Waals surface area contributed by atoms with Crippen LogP contribution in [0.1, 0.15) is 59.8 Å². The summed E-state index contributed by atoms with van der Waals surface area (Å²) in [5.74, 6) is -3.08. The summed E-state index contributed by atoms with van der Waals surface area (Å²) in [4.78, 5) is 24.3. The molecule has 172 valence electrons. The summed E-state index contributed by atoms with van der Waals surface area (Å²) in [5, 5.41) is 23.9. The average Bonchev–Trinajstić information content (AvgIpc) is 2.87. The summed E-state index contributed by atoms with van der Waals surface area (Å²) in [5.41, 5.74) is -1.17. The lowest BCUT2D eigenvalue weighted by atomic mass is 9.36. The predicted molar refractivity (Wildman–Crippen MR) is 109 cm³/mol. The van der Waals surface area contributed by atoms with Gasteiger partial charge in [-0.05, 0) is 54.9 Å². The molecule has 2 aliphatic heterocycles. The SMILES string of the molecule is C=C1[C@@H]2CC[C@@H]3[C@]45CO[C@](O)([C@@H](OC(C)=O)[C@H]4C(C)(C)CC[C@H]5O)[C@@]3(C2)[C@@H]1OC(C)=O. The minimum absolute atomic E-state index is 0.0918. The molecule has 2 N–H and O–H groups in total. The van der Waals surface area contributed by atoms with Crippen LogP contribution in [0.3, 0.4) is 0 Å². The zero-order valence-corrected chi connectivity index (χ0v) is 18.8. The second-order valence-corrected chi connectivity index (χ2v) is 11.3. The van der Waals surface area contributed by atoms with E-state index in [0.717, 1.165) is 24.8 Å². The van der Waals surface area contributed by atoms with E-state index in [0.29, 0.717) is 12.8 Å². The molecule has 0 aromatic heterocycles. The monoisotopic (exact) mass is 434 g/mol. The molecule has 0 aromatic carbocycles. The van der Waals surface area contributed by atoms with Gasteiger partial charge in [-0.2, -0.15) is 0 Å². The van der Waals surface area contributed by atoms with Crippen LogP contribution < -0.4 is 0 Å². The molecule has 0 amide bonds. The van der Waals surface area contributed by atoms with Crippen molar-refractivity contribution in [3.8, 4) is 0 Å². The molecule has 4 bridgehead atoms. The molecule has 4 aliphatic carbocycles. The Labute approximate surface area is 183 Å². The van der Waals surface area contributed by atoms with Crippen molar-refractivity contribution in [2.45, 2.75) is 83.9 Å². The van der Waals surface area contributed by atoms with Crippen LogP contribution in [0, 0.1) is 34.0 Å². The maximum Gasteiger partial charge on any atom is 0.303 e. The quantitative estimate of drug-likeness (QED) is 0.508. The van der Waals surface area contributed by atoms with E-state index >= 15 is 0 Å². The van der Waals surface area contributed by atoms with Crippen molar-refractivity contribution in [3.63, 3.8) is 0 Å². The van der Waals surface area contributed by atoms with Gasteiger partial charge in [-0.15, -0.1) is 0 Å². The fraction of sp³-hybridized carbons (Fsp3) is 0.833. The summed E-state index contributed by atoms with van der Waals surface area (Å²) in [7, 11) is 0. The zero-order chi connectivity index (χ0) is 22.6. The van der Waals surface area contributed by atoms with Crippen molar-refractivity contribution < 1.29 is 34.0 Å². The lowest BCUT2D eigenvalue weighted by molar-refractivity contribution is -0.465. The van der Waals surface area contributed by atoms with E-state index in [1.807, 2.05) is 0 Å². The van der Waals surface area contributed by atoms with Crippen LogP contribution in [-0.4, -0.2) is 52.9 Å². The number of aliphatic hydroxyl groups excluding tert-OH is 1. The summed E-state index contributed by atoms with van der Waals surface area (Å²) in [6.45, 7) is 11.4. The number of rotatable bonds is 2. The number of carbonyl (C=O) groups is 2. The maximum atomic E-state index is 12.3. The molecule has 2 saturated heterocycles. The van der Waals surface area contributed by atoms with E-state index in [4.69, 9.17) is 14.2 Å². The molecule has 4 saturated carbocycles. The fourth-order valence-corrected chi connectivity index (χ4v) is 8.67. The first-order valence-electron chi connectivity index (χ1n) is 11.5. The average molecular weight is 435 g/mol. The predicted octanol–water partition coefficient (Wildman–Crippen LogP) is 2.34. The smallest absolute Gasteiger partial charge is 0.303 e. The molecule has 7 heteroatoms. The number of esters is 2. The maximum absolute atomic E-state index is 12.3. The number of hydrogen-bond acceptors (Lipinski definition) is 7. The molecule has 2 spiro atoms. The number of ether oxygens (including phenoxy) is 3. The van der Waals surface area contributed by atoms with E-state index in [-0.39, 0.29) is 29.8 Å². The summed E-state index contributed by atoms with van der Waals surface area (Å²) < 4.78 is 17.9. The Morgan fingerprint density at radius 3 is 2.45 bits per heavy atom. The van der Waals surface area contributed by atoms with Crippen molar-refractivity contribution in [1.82, 2.24) is 0 Å². The zero-order valence-electron chi connectivity index (χ0n) is 18.8. The minimum atomic E-state index is -1.82. The topological polar surface area (TPSA) is 102 Å². The van der Waals surface area contributed by atoms with E-state index in [1.165, 1.54) is 13.8 Å². The van der Waals surface area contributed by atoms with Crippen LogP contribution in [0.25, 0.3) is 0 Å². The fourth-order valence-electron chi connectivity index (χ4n) is 8.67. The van der Waals surface area contributed by atoms with E-state index in [9.17, 15) is 19.8 Å².